The lowest BCUT2D eigenvalue weighted by atomic mass is 10.3. The summed E-state index contributed by atoms with van der Waals surface area (Å²) in [5.41, 5.74) is 8.49. The Morgan fingerprint density at radius 1 is 1.56 bits per heavy atom. The van der Waals surface area contributed by atoms with Crippen molar-refractivity contribution in [2.24, 2.45) is 5.11 Å². The van der Waals surface area contributed by atoms with E-state index in [0.717, 1.165) is 0 Å². The number of hydrogen-bond acceptors (Lipinski definition) is 1. The third-order valence-electron chi connectivity index (χ3n) is 0.845. The maximum atomic E-state index is 7.96. The highest BCUT2D eigenvalue weighted by Crippen LogP contribution is 2.07. The van der Waals surface area contributed by atoms with Crippen LogP contribution in [-0.4, -0.2) is 0 Å². The minimum Gasteiger partial charge on any atom is -0.0618 e. The van der Waals surface area contributed by atoms with Crippen molar-refractivity contribution in [3.05, 3.63) is 40.8 Å². The van der Waals surface area contributed by atoms with E-state index in [1.807, 2.05) is 6.07 Å². The summed E-state index contributed by atoms with van der Waals surface area (Å²) in [5, 5.41) is 3.33. The first-order chi connectivity index (χ1) is 4.43. The van der Waals surface area contributed by atoms with Crippen LogP contribution in [0.4, 0.5) is 5.69 Å². The Kier molecular flexibility index (Phi) is 1.73. The molecule has 0 aliphatic heterocycles. The van der Waals surface area contributed by atoms with Crippen LogP contribution in [0.3, 0.4) is 0 Å². The van der Waals surface area contributed by atoms with Crippen LogP contribution in [0.15, 0.2) is 29.4 Å². The highest BCUT2D eigenvalue weighted by Gasteiger charge is 1.79. The van der Waals surface area contributed by atoms with Gasteiger partial charge in [0.1, 0.15) is 0 Å². The Morgan fingerprint density at radius 3 is 3.00 bits per heavy atom. The first-order valence-electron chi connectivity index (χ1n) is 2.45. The SMILES string of the molecule is [N-]=[N+]=Nc1[c]cccc1. The predicted octanol–water partition coefficient (Wildman–Crippen LogP) is 2.43. The summed E-state index contributed by atoms with van der Waals surface area (Å²) in [6, 6.07) is 9.75. The molecule has 0 N–H and O–H groups in total. The number of azide groups is 1. The summed E-state index contributed by atoms with van der Waals surface area (Å²) in [5.74, 6) is 0. The molecule has 0 spiro atoms. The molecule has 0 fully saturated rings. The third-order valence-corrected chi connectivity index (χ3v) is 0.845. The fraction of sp³-hybridized carbons (Fsp3) is 0. The predicted molar refractivity (Wildman–Crippen MR) is 34.1 cm³/mol. The van der Waals surface area contributed by atoms with Gasteiger partial charge in [0.2, 0.25) is 0 Å². The summed E-state index contributed by atoms with van der Waals surface area (Å²) in [6.45, 7) is 0. The minimum atomic E-state index is 0.528. The molecule has 1 aromatic rings. The van der Waals surface area contributed by atoms with E-state index in [-0.39, 0.29) is 0 Å². The molecule has 0 saturated carbocycles. The molecule has 1 aromatic carbocycles. The van der Waals surface area contributed by atoms with Crippen molar-refractivity contribution < 1.29 is 0 Å². The highest BCUT2D eigenvalue weighted by molar-refractivity contribution is 5.33. The van der Waals surface area contributed by atoms with E-state index in [1.54, 1.807) is 18.2 Å². The van der Waals surface area contributed by atoms with Gasteiger partial charge >= 0.3 is 0 Å². The number of hydrogen-bond donors (Lipinski definition) is 0. The van der Waals surface area contributed by atoms with Gasteiger partial charge in [-0.25, -0.2) is 0 Å². The van der Waals surface area contributed by atoms with E-state index >= 15 is 0 Å². The summed E-state index contributed by atoms with van der Waals surface area (Å²) in [6.07, 6.45) is 0. The molecule has 3 nitrogen and oxygen atoms in total. The molecule has 9 heavy (non-hydrogen) atoms. The Morgan fingerprint density at radius 2 is 2.44 bits per heavy atom. The molecule has 0 aromatic heterocycles. The monoisotopic (exact) mass is 118 g/mol. The van der Waals surface area contributed by atoms with Gasteiger partial charge in [0.05, 0.1) is 0 Å². The van der Waals surface area contributed by atoms with Gasteiger partial charge in [-0.15, -0.1) is 0 Å². The molecule has 0 atom stereocenters. The van der Waals surface area contributed by atoms with E-state index in [0.29, 0.717) is 5.69 Å². The first kappa shape index (κ1) is 5.66. The largest absolute Gasteiger partial charge is 0.0618 e. The van der Waals surface area contributed by atoms with Crippen LogP contribution >= 0.6 is 0 Å². The number of benzene rings is 1. The van der Waals surface area contributed by atoms with Crippen LogP contribution < -0.4 is 0 Å². The average molecular weight is 118 g/mol. The van der Waals surface area contributed by atoms with Gasteiger partial charge in [-0.1, -0.05) is 29.4 Å². The topological polar surface area (TPSA) is 48.8 Å². The summed E-state index contributed by atoms with van der Waals surface area (Å²) < 4.78 is 0. The Hall–Kier alpha value is -1.47. The number of nitrogens with zero attached hydrogens (tertiary/aromatic N) is 3. The van der Waals surface area contributed by atoms with Gasteiger partial charge in [-0.2, -0.15) is 0 Å². The zero-order valence-electron chi connectivity index (χ0n) is 4.65. The lowest BCUT2D eigenvalue weighted by Gasteiger charge is -1.82. The maximum Gasteiger partial charge on any atom is 0.0453 e. The van der Waals surface area contributed by atoms with Crippen molar-refractivity contribution in [2.45, 2.75) is 0 Å². The fourth-order valence-electron chi connectivity index (χ4n) is 0.494. The van der Waals surface area contributed by atoms with Gasteiger partial charge < -0.3 is 0 Å². The molecular formula is C6H4N3. The fourth-order valence-corrected chi connectivity index (χ4v) is 0.494. The van der Waals surface area contributed by atoms with Crippen LogP contribution in [-0.2, 0) is 0 Å². The maximum absolute atomic E-state index is 7.96. The average Bonchev–Trinajstić information content (AvgIpc) is 1.91. The van der Waals surface area contributed by atoms with Gasteiger partial charge in [0, 0.05) is 10.6 Å². The van der Waals surface area contributed by atoms with E-state index < -0.39 is 0 Å². The van der Waals surface area contributed by atoms with Gasteiger partial charge in [0.15, 0.2) is 0 Å². The van der Waals surface area contributed by atoms with E-state index in [9.17, 15) is 0 Å². The van der Waals surface area contributed by atoms with Crippen LogP contribution in [0.25, 0.3) is 10.4 Å². The molecule has 0 aliphatic carbocycles. The minimum absolute atomic E-state index is 0.528. The zero-order chi connectivity index (χ0) is 6.53. The van der Waals surface area contributed by atoms with Crippen molar-refractivity contribution in [2.75, 3.05) is 0 Å². The van der Waals surface area contributed by atoms with Crippen molar-refractivity contribution in [3.63, 3.8) is 0 Å². The summed E-state index contributed by atoms with van der Waals surface area (Å²) in [4.78, 5) is 2.60. The molecular weight excluding hydrogens is 114 g/mol. The lowest BCUT2D eigenvalue weighted by Crippen LogP contribution is -1.57. The molecule has 0 heterocycles. The molecule has 1 rings (SSSR count). The third kappa shape index (κ3) is 1.48. The Labute approximate surface area is 52.6 Å². The molecule has 0 unspecified atom stereocenters. The van der Waals surface area contributed by atoms with E-state index in [4.69, 9.17) is 5.53 Å². The Bertz CT molecular complexity index is 223. The first-order valence-corrected chi connectivity index (χ1v) is 2.45. The molecule has 0 saturated heterocycles. The van der Waals surface area contributed by atoms with Gasteiger partial charge in [-0.3, -0.25) is 0 Å². The molecule has 0 bridgehead atoms. The lowest BCUT2D eigenvalue weighted by molar-refractivity contribution is 1.47. The van der Waals surface area contributed by atoms with E-state index in [2.05, 4.69) is 16.1 Å². The molecule has 1 radical (unpaired) electrons. The van der Waals surface area contributed by atoms with Crippen molar-refractivity contribution >= 4 is 5.69 Å². The normalized spacial score (nSPS) is 8.00. The number of rotatable bonds is 1. The van der Waals surface area contributed by atoms with Crippen LogP contribution in [0.1, 0.15) is 0 Å². The molecule has 0 amide bonds. The summed E-state index contributed by atoms with van der Waals surface area (Å²) in [7, 11) is 0. The molecule has 3 heteroatoms. The zero-order valence-corrected chi connectivity index (χ0v) is 4.65. The van der Waals surface area contributed by atoms with Crippen molar-refractivity contribution in [1.29, 1.82) is 0 Å². The molecule has 0 aliphatic rings. The smallest absolute Gasteiger partial charge is 0.0453 e. The second-order valence-electron chi connectivity index (χ2n) is 1.44. The summed E-state index contributed by atoms with van der Waals surface area (Å²) >= 11 is 0. The second-order valence-corrected chi connectivity index (χ2v) is 1.44. The van der Waals surface area contributed by atoms with Gasteiger partial charge in [0.25, 0.3) is 0 Å². The van der Waals surface area contributed by atoms with Crippen LogP contribution in [0, 0.1) is 6.07 Å². The molecule has 43 valence electrons. The second kappa shape index (κ2) is 2.74. The van der Waals surface area contributed by atoms with E-state index in [1.165, 1.54) is 0 Å². The van der Waals surface area contributed by atoms with Crippen molar-refractivity contribution in [1.82, 2.24) is 0 Å². The highest BCUT2D eigenvalue weighted by atomic mass is 15.1. The van der Waals surface area contributed by atoms with Crippen LogP contribution in [0.5, 0.6) is 0 Å². The van der Waals surface area contributed by atoms with Gasteiger partial charge in [-0.05, 0) is 11.6 Å². The van der Waals surface area contributed by atoms with Crippen molar-refractivity contribution in [3.8, 4) is 0 Å². The standard InChI is InChI=1S/C6H4N3/c7-9-8-6-4-2-1-3-5-6/h1-4H. The van der Waals surface area contributed by atoms with Crippen LogP contribution in [0.2, 0.25) is 0 Å². The Balaban J connectivity index is 2.97. The quantitative estimate of drug-likeness (QED) is 0.309.